The van der Waals surface area contributed by atoms with Crippen LogP contribution in [0.4, 0.5) is 0 Å². The molecule has 1 aromatic heterocycles. The Kier molecular flexibility index (Phi) is 3.64. The quantitative estimate of drug-likeness (QED) is 0.809. The summed E-state index contributed by atoms with van der Waals surface area (Å²) in [6.45, 7) is 3.14. The van der Waals surface area contributed by atoms with Gasteiger partial charge < -0.3 is 14.8 Å². The first-order valence-electron chi connectivity index (χ1n) is 6.06. The number of hydrogen-bond donors (Lipinski definition) is 1. The van der Waals surface area contributed by atoms with Crippen molar-refractivity contribution < 1.29 is 9.59 Å². The summed E-state index contributed by atoms with van der Waals surface area (Å²) in [6.07, 6.45) is 5.60. The van der Waals surface area contributed by atoms with E-state index in [4.69, 9.17) is 0 Å². The molecule has 2 atom stereocenters. The number of amides is 2. The number of nitrogens with one attached hydrogen (secondary N) is 1. The topological polar surface area (TPSA) is 67.2 Å². The number of carbonyl (C=O) groups is 2. The zero-order valence-corrected chi connectivity index (χ0v) is 10.7. The molecule has 2 amide bonds. The van der Waals surface area contributed by atoms with E-state index in [0.29, 0.717) is 19.5 Å². The highest BCUT2D eigenvalue weighted by molar-refractivity contribution is 5.89. The Balaban J connectivity index is 1.82. The summed E-state index contributed by atoms with van der Waals surface area (Å²) in [5.41, 5.74) is 0. The first kappa shape index (κ1) is 12.6. The van der Waals surface area contributed by atoms with Crippen molar-refractivity contribution in [3.8, 4) is 0 Å². The van der Waals surface area contributed by atoms with Gasteiger partial charge in [0.2, 0.25) is 11.8 Å². The molecule has 1 aliphatic rings. The number of imidazole rings is 1. The molecule has 0 saturated carbocycles. The van der Waals surface area contributed by atoms with Crippen molar-refractivity contribution in [2.45, 2.75) is 25.9 Å². The Bertz CT molecular complexity index is 429. The van der Waals surface area contributed by atoms with Crippen molar-refractivity contribution in [2.75, 3.05) is 13.6 Å². The molecule has 1 aliphatic heterocycles. The lowest BCUT2D eigenvalue weighted by atomic mass is 10.1. The van der Waals surface area contributed by atoms with Gasteiger partial charge in [-0.2, -0.15) is 0 Å². The number of carbonyl (C=O) groups excluding carboxylic acids is 2. The van der Waals surface area contributed by atoms with Gasteiger partial charge in [-0.25, -0.2) is 4.98 Å². The minimum Gasteiger partial charge on any atom is -0.352 e. The molecule has 0 aliphatic carbocycles. The molecule has 1 N–H and O–H groups in total. The minimum atomic E-state index is -0.215. The summed E-state index contributed by atoms with van der Waals surface area (Å²) in [6, 6.07) is 0.0210. The second-order valence-electron chi connectivity index (χ2n) is 4.84. The molecule has 0 aromatic carbocycles. The number of rotatable bonds is 4. The van der Waals surface area contributed by atoms with Crippen molar-refractivity contribution in [2.24, 2.45) is 5.92 Å². The maximum atomic E-state index is 12.0. The predicted molar refractivity (Wildman–Crippen MR) is 65.6 cm³/mol. The number of nitrogens with zero attached hydrogens (tertiary/aromatic N) is 3. The Morgan fingerprint density at radius 2 is 2.44 bits per heavy atom. The molecule has 2 heterocycles. The van der Waals surface area contributed by atoms with Gasteiger partial charge >= 0.3 is 0 Å². The standard InChI is InChI=1S/C12H18N4O2/c1-9(6-16-4-3-13-8-16)14-12(18)10-5-11(17)15(2)7-10/h3-4,8-10H,5-7H2,1-2H3,(H,14,18)/t9-,10+/m1/s1. The molecule has 6 heteroatoms. The van der Waals surface area contributed by atoms with Crippen LogP contribution < -0.4 is 5.32 Å². The van der Waals surface area contributed by atoms with Crippen molar-refractivity contribution in [3.05, 3.63) is 18.7 Å². The fourth-order valence-corrected chi connectivity index (χ4v) is 2.16. The predicted octanol–water partition coefficient (Wildman–Crippen LogP) is -0.134. The Morgan fingerprint density at radius 1 is 1.67 bits per heavy atom. The summed E-state index contributed by atoms with van der Waals surface area (Å²) in [5.74, 6) is -0.217. The highest BCUT2D eigenvalue weighted by atomic mass is 16.2. The van der Waals surface area contributed by atoms with Crippen LogP contribution >= 0.6 is 0 Å². The maximum absolute atomic E-state index is 12.0. The van der Waals surface area contributed by atoms with Crippen LogP contribution in [0.5, 0.6) is 0 Å². The van der Waals surface area contributed by atoms with E-state index in [2.05, 4.69) is 10.3 Å². The van der Waals surface area contributed by atoms with E-state index >= 15 is 0 Å². The van der Waals surface area contributed by atoms with Crippen LogP contribution in [0.3, 0.4) is 0 Å². The summed E-state index contributed by atoms with van der Waals surface area (Å²) in [5, 5.41) is 2.93. The third-order valence-corrected chi connectivity index (χ3v) is 3.14. The average molecular weight is 250 g/mol. The van der Waals surface area contributed by atoms with Crippen molar-refractivity contribution in [1.82, 2.24) is 19.8 Å². The van der Waals surface area contributed by atoms with Crippen LogP contribution in [-0.4, -0.2) is 45.9 Å². The highest BCUT2D eigenvalue weighted by Gasteiger charge is 2.32. The molecule has 0 spiro atoms. The molecular formula is C12H18N4O2. The van der Waals surface area contributed by atoms with Crippen LogP contribution in [0, 0.1) is 5.92 Å². The van der Waals surface area contributed by atoms with E-state index < -0.39 is 0 Å². The number of aromatic nitrogens is 2. The molecule has 1 aromatic rings. The van der Waals surface area contributed by atoms with Gasteiger partial charge in [0.15, 0.2) is 0 Å². The van der Waals surface area contributed by atoms with E-state index in [1.54, 1.807) is 24.5 Å². The summed E-state index contributed by atoms with van der Waals surface area (Å²) in [4.78, 5) is 28.9. The van der Waals surface area contributed by atoms with Gasteiger partial charge in [-0.1, -0.05) is 0 Å². The molecule has 18 heavy (non-hydrogen) atoms. The lowest BCUT2D eigenvalue weighted by Crippen LogP contribution is -2.40. The number of likely N-dealkylation sites (tertiary alicyclic amines) is 1. The number of hydrogen-bond acceptors (Lipinski definition) is 3. The molecular weight excluding hydrogens is 232 g/mol. The zero-order chi connectivity index (χ0) is 13.1. The zero-order valence-electron chi connectivity index (χ0n) is 10.7. The molecule has 0 unspecified atom stereocenters. The molecule has 1 fully saturated rings. The Hall–Kier alpha value is -1.85. The van der Waals surface area contributed by atoms with Gasteiger partial charge in [0.05, 0.1) is 12.2 Å². The normalized spacial score (nSPS) is 21.1. The lowest BCUT2D eigenvalue weighted by molar-refractivity contribution is -0.128. The fourth-order valence-electron chi connectivity index (χ4n) is 2.16. The summed E-state index contributed by atoms with van der Waals surface area (Å²) >= 11 is 0. The lowest BCUT2D eigenvalue weighted by Gasteiger charge is -2.17. The first-order valence-corrected chi connectivity index (χ1v) is 6.06. The van der Waals surface area contributed by atoms with Crippen LogP contribution in [-0.2, 0) is 16.1 Å². The smallest absolute Gasteiger partial charge is 0.225 e. The van der Waals surface area contributed by atoms with E-state index in [0.717, 1.165) is 0 Å². The van der Waals surface area contributed by atoms with Crippen LogP contribution in [0.1, 0.15) is 13.3 Å². The Morgan fingerprint density at radius 3 is 3.00 bits per heavy atom. The SMILES string of the molecule is C[C@H](Cn1ccnc1)NC(=O)[C@H]1CC(=O)N(C)C1. The fraction of sp³-hybridized carbons (Fsp3) is 0.583. The second-order valence-corrected chi connectivity index (χ2v) is 4.84. The van der Waals surface area contributed by atoms with E-state index in [9.17, 15) is 9.59 Å². The van der Waals surface area contributed by atoms with Crippen molar-refractivity contribution >= 4 is 11.8 Å². The third kappa shape index (κ3) is 2.88. The summed E-state index contributed by atoms with van der Waals surface area (Å²) < 4.78 is 1.91. The van der Waals surface area contributed by atoms with E-state index in [-0.39, 0.29) is 23.8 Å². The van der Waals surface area contributed by atoms with Gasteiger partial charge in [-0.3, -0.25) is 9.59 Å². The molecule has 2 rings (SSSR count). The van der Waals surface area contributed by atoms with E-state index in [1.165, 1.54) is 0 Å². The van der Waals surface area contributed by atoms with Gasteiger partial charge in [-0.05, 0) is 6.92 Å². The van der Waals surface area contributed by atoms with Crippen LogP contribution in [0.2, 0.25) is 0 Å². The third-order valence-electron chi connectivity index (χ3n) is 3.14. The average Bonchev–Trinajstić information content (AvgIpc) is 2.90. The monoisotopic (exact) mass is 250 g/mol. The Labute approximate surface area is 106 Å². The molecule has 98 valence electrons. The largest absolute Gasteiger partial charge is 0.352 e. The molecule has 0 bridgehead atoms. The van der Waals surface area contributed by atoms with Gasteiger partial charge in [0, 0.05) is 45.0 Å². The molecule has 1 saturated heterocycles. The van der Waals surface area contributed by atoms with Gasteiger partial charge in [0.1, 0.15) is 0 Å². The molecule has 0 radical (unpaired) electrons. The van der Waals surface area contributed by atoms with Gasteiger partial charge in [-0.15, -0.1) is 0 Å². The minimum absolute atomic E-state index is 0.0210. The first-order chi connectivity index (χ1) is 8.56. The second kappa shape index (κ2) is 5.20. The molecule has 6 nitrogen and oxygen atoms in total. The van der Waals surface area contributed by atoms with E-state index in [1.807, 2.05) is 17.7 Å². The van der Waals surface area contributed by atoms with Crippen LogP contribution in [0.15, 0.2) is 18.7 Å². The highest BCUT2D eigenvalue weighted by Crippen LogP contribution is 2.16. The van der Waals surface area contributed by atoms with Crippen molar-refractivity contribution in [3.63, 3.8) is 0 Å². The van der Waals surface area contributed by atoms with Crippen LogP contribution in [0.25, 0.3) is 0 Å². The summed E-state index contributed by atoms with van der Waals surface area (Å²) in [7, 11) is 1.73. The van der Waals surface area contributed by atoms with Crippen molar-refractivity contribution in [1.29, 1.82) is 0 Å². The van der Waals surface area contributed by atoms with Gasteiger partial charge in [0.25, 0.3) is 0 Å². The maximum Gasteiger partial charge on any atom is 0.225 e.